The van der Waals surface area contributed by atoms with Gasteiger partial charge in [0.05, 0.1) is 24.0 Å². The molecule has 0 saturated heterocycles. The molecule has 11 heteroatoms. The van der Waals surface area contributed by atoms with Gasteiger partial charge in [0, 0.05) is 17.3 Å². The van der Waals surface area contributed by atoms with Crippen LogP contribution < -0.4 is 14.4 Å². The zero-order valence-corrected chi connectivity index (χ0v) is 19.7. The average molecular weight is 494 g/mol. The molecule has 33 heavy (non-hydrogen) atoms. The minimum atomic E-state index is -3.99. The lowest BCUT2D eigenvalue weighted by Gasteiger charge is -2.22. The number of nitrogens with one attached hydrogen (secondary N) is 1. The Labute approximate surface area is 197 Å². The SMILES string of the molecule is CCOc1ccc(N(CCC#N)C(=O)COC(=O)[C@H](C)NS(=O)(=O)c2ccc(Cl)cc2)cc1. The molecule has 0 aliphatic rings. The topological polar surface area (TPSA) is 126 Å². The van der Waals surface area contributed by atoms with E-state index in [1.54, 1.807) is 24.3 Å². The molecule has 0 radical (unpaired) electrons. The summed E-state index contributed by atoms with van der Waals surface area (Å²) in [6, 6.07) is 12.8. The van der Waals surface area contributed by atoms with Crippen molar-refractivity contribution in [3.63, 3.8) is 0 Å². The maximum Gasteiger partial charge on any atom is 0.324 e. The second-order valence-corrected chi connectivity index (χ2v) is 8.94. The molecular formula is C22H24ClN3O6S. The lowest BCUT2D eigenvalue weighted by Crippen LogP contribution is -2.41. The van der Waals surface area contributed by atoms with Crippen LogP contribution in [0.1, 0.15) is 20.3 Å². The lowest BCUT2D eigenvalue weighted by molar-refractivity contribution is -0.149. The molecule has 0 aliphatic carbocycles. The highest BCUT2D eigenvalue weighted by Gasteiger charge is 2.25. The molecule has 0 unspecified atom stereocenters. The Hall–Kier alpha value is -3.13. The van der Waals surface area contributed by atoms with Crippen LogP contribution in [0.25, 0.3) is 0 Å². The first-order valence-electron chi connectivity index (χ1n) is 10.0. The van der Waals surface area contributed by atoms with Crippen LogP contribution in [0.4, 0.5) is 5.69 Å². The van der Waals surface area contributed by atoms with Crippen LogP contribution in [-0.4, -0.2) is 46.1 Å². The number of carbonyl (C=O) groups excluding carboxylic acids is 2. The van der Waals surface area contributed by atoms with E-state index in [2.05, 4.69) is 4.72 Å². The van der Waals surface area contributed by atoms with E-state index < -0.39 is 34.5 Å². The molecule has 9 nitrogen and oxygen atoms in total. The van der Waals surface area contributed by atoms with Crippen LogP contribution in [0.15, 0.2) is 53.4 Å². The van der Waals surface area contributed by atoms with Gasteiger partial charge in [-0.15, -0.1) is 0 Å². The van der Waals surface area contributed by atoms with Crippen molar-refractivity contribution in [2.45, 2.75) is 31.2 Å². The van der Waals surface area contributed by atoms with Gasteiger partial charge in [-0.1, -0.05) is 11.6 Å². The molecule has 0 heterocycles. The Balaban J connectivity index is 2.00. The van der Waals surface area contributed by atoms with Gasteiger partial charge in [-0.3, -0.25) is 9.59 Å². The van der Waals surface area contributed by atoms with Crippen molar-refractivity contribution in [3.8, 4) is 11.8 Å². The molecule has 2 aromatic rings. The van der Waals surface area contributed by atoms with Crippen molar-refractivity contribution in [1.82, 2.24) is 4.72 Å². The normalized spacial score (nSPS) is 11.8. The zero-order chi connectivity index (χ0) is 24.4. The largest absolute Gasteiger partial charge is 0.494 e. The Kier molecular flexibility index (Phi) is 9.66. The van der Waals surface area contributed by atoms with Gasteiger partial charge in [-0.25, -0.2) is 8.42 Å². The van der Waals surface area contributed by atoms with Crippen LogP contribution in [0.5, 0.6) is 5.75 Å². The van der Waals surface area contributed by atoms with E-state index in [0.29, 0.717) is 23.1 Å². The molecule has 0 bridgehead atoms. The van der Waals surface area contributed by atoms with Crippen molar-refractivity contribution in [2.75, 3.05) is 24.7 Å². The third-order valence-electron chi connectivity index (χ3n) is 4.35. The molecule has 176 valence electrons. The number of nitriles is 1. The van der Waals surface area contributed by atoms with E-state index in [0.717, 1.165) is 0 Å². The van der Waals surface area contributed by atoms with Crippen LogP contribution in [0, 0.1) is 11.3 Å². The van der Waals surface area contributed by atoms with Crippen LogP contribution in [-0.2, 0) is 24.3 Å². The minimum absolute atomic E-state index is 0.0687. The summed E-state index contributed by atoms with van der Waals surface area (Å²) < 4.78 is 37.4. The smallest absolute Gasteiger partial charge is 0.324 e. The van der Waals surface area contributed by atoms with Crippen molar-refractivity contribution in [3.05, 3.63) is 53.6 Å². The second-order valence-electron chi connectivity index (χ2n) is 6.79. The highest BCUT2D eigenvalue weighted by molar-refractivity contribution is 7.89. The summed E-state index contributed by atoms with van der Waals surface area (Å²) in [5.74, 6) is -0.856. The summed E-state index contributed by atoms with van der Waals surface area (Å²) in [6.07, 6.45) is 0.0736. The van der Waals surface area contributed by atoms with Crippen molar-refractivity contribution >= 4 is 39.2 Å². The number of nitrogens with zero attached hydrogens (tertiary/aromatic N) is 2. The van der Waals surface area contributed by atoms with Crippen molar-refractivity contribution < 1.29 is 27.5 Å². The first-order valence-corrected chi connectivity index (χ1v) is 11.9. The number of ether oxygens (including phenoxy) is 2. The fourth-order valence-corrected chi connectivity index (χ4v) is 4.07. The Morgan fingerprint density at radius 3 is 2.36 bits per heavy atom. The van der Waals surface area contributed by atoms with E-state index in [9.17, 15) is 18.0 Å². The van der Waals surface area contributed by atoms with Crippen LogP contribution in [0.2, 0.25) is 5.02 Å². The number of sulfonamides is 1. The third kappa shape index (κ3) is 7.75. The van der Waals surface area contributed by atoms with Gasteiger partial charge in [0.25, 0.3) is 5.91 Å². The first kappa shape index (κ1) is 26.1. The standard InChI is InChI=1S/C22H24ClN3O6S/c1-3-31-19-9-7-18(8-10-19)26(14-4-13-24)21(27)15-32-22(28)16(2)25-33(29,30)20-11-5-17(23)6-12-20/h5-12,16,25H,3-4,14-15H2,1-2H3/t16-/m0/s1. The number of benzene rings is 2. The van der Waals surface area contributed by atoms with E-state index in [1.807, 2.05) is 13.0 Å². The molecule has 0 saturated carbocycles. The summed E-state index contributed by atoms with van der Waals surface area (Å²) in [6.45, 7) is 3.12. The maximum absolute atomic E-state index is 12.7. The third-order valence-corrected chi connectivity index (χ3v) is 6.16. The monoisotopic (exact) mass is 493 g/mol. The number of anilines is 1. The number of carbonyl (C=O) groups is 2. The molecule has 1 atom stereocenters. The van der Waals surface area contributed by atoms with E-state index in [1.165, 1.54) is 36.1 Å². The number of esters is 1. The van der Waals surface area contributed by atoms with Gasteiger partial charge in [-0.2, -0.15) is 9.98 Å². The molecule has 2 aromatic carbocycles. The number of hydrogen-bond acceptors (Lipinski definition) is 7. The quantitative estimate of drug-likeness (QED) is 0.477. The van der Waals surface area contributed by atoms with Gasteiger partial charge < -0.3 is 14.4 Å². The van der Waals surface area contributed by atoms with Gasteiger partial charge in [0.1, 0.15) is 11.8 Å². The average Bonchev–Trinajstić information content (AvgIpc) is 2.78. The fourth-order valence-electron chi connectivity index (χ4n) is 2.75. The molecule has 0 fully saturated rings. The van der Waals surface area contributed by atoms with E-state index in [-0.39, 0.29) is 17.9 Å². The second kappa shape index (κ2) is 12.2. The predicted octanol–water partition coefficient (Wildman–Crippen LogP) is 2.90. The number of rotatable bonds is 11. The first-order chi connectivity index (χ1) is 15.7. The molecule has 1 amide bonds. The fraction of sp³-hybridized carbons (Fsp3) is 0.318. The molecule has 0 aromatic heterocycles. The molecule has 0 aliphatic heterocycles. The maximum atomic E-state index is 12.7. The van der Waals surface area contributed by atoms with E-state index >= 15 is 0 Å². The number of amides is 1. The molecule has 0 spiro atoms. The Morgan fingerprint density at radius 2 is 1.79 bits per heavy atom. The van der Waals surface area contributed by atoms with Gasteiger partial charge >= 0.3 is 5.97 Å². The Bertz CT molecular complexity index is 1100. The van der Waals surface area contributed by atoms with Crippen molar-refractivity contribution in [1.29, 1.82) is 5.26 Å². The van der Waals surface area contributed by atoms with Gasteiger partial charge in [-0.05, 0) is 62.4 Å². The molecule has 2 rings (SSSR count). The summed E-state index contributed by atoms with van der Waals surface area (Å²) in [5, 5.41) is 9.27. The summed E-state index contributed by atoms with van der Waals surface area (Å²) >= 11 is 5.76. The Morgan fingerprint density at radius 1 is 1.15 bits per heavy atom. The predicted molar refractivity (Wildman–Crippen MR) is 122 cm³/mol. The van der Waals surface area contributed by atoms with Crippen LogP contribution >= 0.6 is 11.6 Å². The summed E-state index contributed by atoms with van der Waals surface area (Å²) in [5.41, 5.74) is 0.506. The summed E-state index contributed by atoms with van der Waals surface area (Å²) in [7, 11) is -3.99. The summed E-state index contributed by atoms with van der Waals surface area (Å²) in [4.78, 5) is 26.2. The minimum Gasteiger partial charge on any atom is -0.494 e. The highest BCUT2D eigenvalue weighted by Crippen LogP contribution is 2.20. The zero-order valence-electron chi connectivity index (χ0n) is 18.2. The highest BCUT2D eigenvalue weighted by atomic mass is 35.5. The van der Waals surface area contributed by atoms with Crippen molar-refractivity contribution in [2.24, 2.45) is 0 Å². The number of hydrogen-bond donors (Lipinski definition) is 1. The lowest BCUT2D eigenvalue weighted by atomic mass is 10.2. The van der Waals surface area contributed by atoms with Gasteiger partial charge in [0.15, 0.2) is 6.61 Å². The number of halogens is 1. The molecule has 1 N–H and O–H groups in total. The van der Waals surface area contributed by atoms with Crippen LogP contribution in [0.3, 0.4) is 0 Å². The molecular weight excluding hydrogens is 470 g/mol. The van der Waals surface area contributed by atoms with E-state index in [4.69, 9.17) is 26.3 Å². The van der Waals surface area contributed by atoms with Gasteiger partial charge in [0.2, 0.25) is 10.0 Å².